The molecule has 1 heterocycles. The van der Waals surface area contributed by atoms with E-state index in [1.54, 1.807) is 0 Å². The summed E-state index contributed by atoms with van der Waals surface area (Å²) in [5.41, 5.74) is -1.84. The van der Waals surface area contributed by atoms with E-state index in [0.29, 0.717) is 0 Å². The second-order valence-electron chi connectivity index (χ2n) is 2.91. The van der Waals surface area contributed by atoms with Gasteiger partial charge in [-0.25, -0.2) is 4.39 Å². The highest BCUT2D eigenvalue weighted by Gasteiger charge is 2.36. The van der Waals surface area contributed by atoms with Gasteiger partial charge in [0.05, 0.1) is 11.1 Å². The molecule has 0 aliphatic heterocycles. The Labute approximate surface area is 86.7 Å². The Balaban J connectivity index is 2.68. The lowest BCUT2D eigenvalue weighted by Crippen LogP contribution is -2.08. The van der Waals surface area contributed by atoms with Crippen LogP contribution in [0.25, 0.3) is 11.4 Å². The third kappa shape index (κ3) is 1.75. The summed E-state index contributed by atoms with van der Waals surface area (Å²) in [6.45, 7) is 0. The van der Waals surface area contributed by atoms with Crippen LogP contribution in [0.1, 0.15) is 5.56 Å². The van der Waals surface area contributed by atoms with Gasteiger partial charge in [-0.1, -0.05) is 11.2 Å². The van der Waals surface area contributed by atoms with Crippen molar-refractivity contribution >= 4 is 0 Å². The standard InChI is InChI=1S/C9H4F4N2O/c10-6-3-1-2-5(9(11,12)13)7(6)8-14-4-16-15-8/h1-4H. The summed E-state index contributed by atoms with van der Waals surface area (Å²) in [6, 6.07) is 2.64. The van der Waals surface area contributed by atoms with Gasteiger partial charge in [-0.15, -0.1) is 0 Å². The van der Waals surface area contributed by atoms with Crippen molar-refractivity contribution in [3.8, 4) is 11.4 Å². The van der Waals surface area contributed by atoms with Crippen molar-refractivity contribution in [1.82, 2.24) is 10.1 Å². The molecule has 2 aromatic rings. The van der Waals surface area contributed by atoms with Crippen molar-refractivity contribution in [2.75, 3.05) is 0 Å². The smallest absolute Gasteiger partial charge is 0.342 e. The Morgan fingerprint density at radius 1 is 1.19 bits per heavy atom. The molecule has 0 aliphatic carbocycles. The van der Waals surface area contributed by atoms with E-state index in [-0.39, 0.29) is 0 Å². The minimum Gasteiger partial charge on any atom is -0.342 e. The van der Waals surface area contributed by atoms with Crippen LogP contribution in [-0.2, 0) is 6.18 Å². The van der Waals surface area contributed by atoms with Crippen LogP contribution in [0, 0.1) is 5.82 Å². The second-order valence-corrected chi connectivity index (χ2v) is 2.91. The topological polar surface area (TPSA) is 38.9 Å². The zero-order valence-corrected chi connectivity index (χ0v) is 7.62. The van der Waals surface area contributed by atoms with Gasteiger partial charge in [0.1, 0.15) is 5.82 Å². The zero-order valence-electron chi connectivity index (χ0n) is 7.62. The third-order valence-electron chi connectivity index (χ3n) is 1.90. The summed E-state index contributed by atoms with van der Waals surface area (Å²) in [7, 11) is 0. The van der Waals surface area contributed by atoms with Gasteiger partial charge in [-0.05, 0) is 12.1 Å². The van der Waals surface area contributed by atoms with E-state index in [0.717, 1.165) is 24.6 Å². The molecule has 7 heteroatoms. The van der Waals surface area contributed by atoms with Gasteiger partial charge in [0.2, 0.25) is 12.2 Å². The highest BCUT2D eigenvalue weighted by Crippen LogP contribution is 2.37. The van der Waals surface area contributed by atoms with Gasteiger partial charge in [-0.3, -0.25) is 0 Å². The molecule has 2 rings (SSSR count). The normalized spacial score (nSPS) is 11.8. The quantitative estimate of drug-likeness (QED) is 0.709. The first kappa shape index (κ1) is 10.6. The maximum Gasteiger partial charge on any atom is 0.417 e. The molecular weight excluding hydrogens is 228 g/mol. The summed E-state index contributed by atoms with van der Waals surface area (Å²) in [5, 5.41) is 3.20. The number of alkyl halides is 3. The van der Waals surface area contributed by atoms with Crippen molar-refractivity contribution in [2.24, 2.45) is 0 Å². The van der Waals surface area contributed by atoms with Crippen molar-refractivity contribution in [1.29, 1.82) is 0 Å². The highest BCUT2D eigenvalue weighted by atomic mass is 19.4. The lowest BCUT2D eigenvalue weighted by Gasteiger charge is -2.10. The first-order valence-electron chi connectivity index (χ1n) is 4.12. The van der Waals surface area contributed by atoms with Crippen LogP contribution in [0.5, 0.6) is 0 Å². The largest absolute Gasteiger partial charge is 0.417 e. The number of benzene rings is 1. The molecule has 0 spiro atoms. The molecule has 0 radical (unpaired) electrons. The van der Waals surface area contributed by atoms with Crippen molar-refractivity contribution in [3.63, 3.8) is 0 Å². The van der Waals surface area contributed by atoms with Crippen LogP contribution in [0.4, 0.5) is 17.6 Å². The molecule has 84 valence electrons. The predicted molar refractivity (Wildman–Crippen MR) is 44.7 cm³/mol. The molecule has 0 unspecified atom stereocenters. The summed E-state index contributed by atoms with van der Waals surface area (Å²) < 4.78 is 55.3. The van der Waals surface area contributed by atoms with Crippen LogP contribution in [-0.4, -0.2) is 10.1 Å². The monoisotopic (exact) mass is 232 g/mol. The van der Waals surface area contributed by atoms with E-state index in [1.165, 1.54) is 0 Å². The molecule has 0 aliphatic rings. The van der Waals surface area contributed by atoms with Crippen LogP contribution in [0.15, 0.2) is 29.1 Å². The Morgan fingerprint density at radius 3 is 2.50 bits per heavy atom. The molecular formula is C9H4F4N2O. The Kier molecular flexibility index (Phi) is 2.37. The van der Waals surface area contributed by atoms with E-state index in [1.807, 2.05) is 0 Å². The Hall–Kier alpha value is -1.92. The van der Waals surface area contributed by atoms with Crippen molar-refractivity contribution in [2.45, 2.75) is 6.18 Å². The predicted octanol–water partition coefficient (Wildman–Crippen LogP) is 2.89. The third-order valence-corrected chi connectivity index (χ3v) is 1.90. The highest BCUT2D eigenvalue weighted by molar-refractivity contribution is 5.61. The maximum atomic E-state index is 13.3. The molecule has 16 heavy (non-hydrogen) atoms. The Morgan fingerprint density at radius 2 is 1.94 bits per heavy atom. The molecule has 3 nitrogen and oxygen atoms in total. The molecule has 0 N–H and O–H groups in total. The fraction of sp³-hybridized carbons (Fsp3) is 0.111. The molecule has 1 aromatic carbocycles. The van der Waals surface area contributed by atoms with Crippen molar-refractivity contribution < 1.29 is 22.1 Å². The molecule has 0 atom stereocenters. The van der Waals surface area contributed by atoms with Gasteiger partial charge < -0.3 is 4.52 Å². The van der Waals surface area contributed by atoms with Crippen LogP contribution in [0.3, 0.4) is 0 Å². The number of halogens is 4. The van der Waals surface area contributed by atoms with E-state index in [4.69, 9.17) is 0 Å². The fourth-order valence-corrected chi connectivity index (χ4v) is 1.27. The maximum absolute atomic E-state index is 13.3. The van der Waals surface area contributed by atoms with Crippen LogP contribution in [0.2, 0.25) is 0 Å². The summed E-state index contributed by atoms with van der Waals surface area (Å²) in [6.07, 6.45) is -3.83. The zero-order chi connectivity index (χ0) is 11.8. The van der Waals surface area contributed by atoms with Gasteiger partial charge in [-0.2, -0.15) is 18.2 Å². The average Bonchev–Trinajstić information content (AvgIpc) is 2.68. The molecule has 0 saturated carbocycles. The minimum absolute atomic E-state index is 0.426. The van der Waals surface area contributed by atoms with Gasteiger partial charge in [0, 0.05) is 0 Å². The number of rotatable bonds is 1. The molecule has 0 amide bonds. The van der Waals surface area contributed by atoms with Gasteiger partial charge in [0.15, 0.2) is 0 Å². The van der Waals surface area contributed by atoms with Crippen LogP contribution < -0.4 is 0 Å². The fourth-order valence-electron chi connectivity index (χ4n) is 1.27. The number of nitrogens with zero attached hydrogens (tertiary/aromatic N) is 2. The second kappa shape index (κ2) is 3.58. The summed E-state index contributed by atoms with van der Waals surface area (Å²) >= 11 is 0. The lowest BCUT2D eigenvalue weighted by molar-refractivity contribution is -0.137. The number of aromatic nitrogens is 2. The molecule has 0 saturated heterocycles. The molecule has 0 fully saturated rings. The van der Waals surface area contributed by atoms with E-state index in [9.17, 15) is 17.6 Å². The summed E-state index contributed by atoms with van der Waals surface area (Å²) in [5.74, 6) is -1.47. The lowest BCUT2D eigenvalue weighted by atomic mass is 10.1. The SMILES string of the molecule is Fc1cccc(C(F)(F)F)c1-c1ncon1. The number of hydrogen-bond acceptors (Lipinski definition) is 3. The molecule has 0 bridgehead atoms. The van der Waals surface area contributed by atoms with Crippen LogP contribution >= 0.6 is 0 Å². The molecule has 1 aromatic heterocycles. The van der Waals surface area contributed by atoms with Crippen molar-refractivity contribution in [3.05, 3.63) is 36.0 Å². The Bertz CT molecular complexity index is 493. The first-order valence-corrected chi connectivity index (χ1v) is 4.12. The summed E-state index contributed by atoms with van der Waals surface area (Å²) in [4.78, 5) is 3.40. The van der Waals surface area contributed by atoms with Gasteiger partial charge in [0.25, 0.3) is 0 Å². The first-order chi connectivity index (χ1) is 7.50. The van der Waals surface area contributed by atoms with E-state index >= 15 is 0 Å². The minimum atomic E-state index is -4.67. The van der Waals surface area contributed by atoms with E-state index < -0.39 is 28.9 Å². The number of hydrogen-bond donors (Lipinski definition) is 0. The van der Waals surface area contributed by atoms with Gasteiger partial charge >= 0.3 is 6.18 Å². The average molecular weight is 232 g/mol. The van der Waals surface area contributed by atoms with E-state index in [2.05, 4.69) is 14.7 Å².